The van der Waals surface area contributed by atoms with Crippen molar-refractivity contribution >= 4 is 22.4 Å². The van der Waals surface area contributed by atoms with E-state index < -0.39 is 5.54 Å². The van der Waals surface area contributed by atoms with E-state index in [1.165, 1.54) is 12.1 Å². The Kier molecular flexibility index (Phi) is 6.63. The lowest BCUT2D eigenvalue weighted by Crippen LogP contribution is -2.42. The number of hydrogen-bond donors (Lipinski definition) is 1. The molecule has 0 amide bonds. The van der Waals surface area contributed by atoms with Crippen molar-refractivity contribution < 1.29 is 13.9 Å². The summed E-state index contributed by atoms with van der Waals surface area (Å²) in [5, 5.41) is 2.41. The van der Waals surface area contributed by atoms with Gasteiger partial charge in [0, 0.05) is 17.1 Å². The lowest BCUT2D eigenvalue weighted by atomic mass is 9.76. The van der Waals surface area contributed by atoms with Crippen LogP contribution in [0.2, 0.25) is 5.02 Å². The van der Waals surface area contributed by atoms with Crippen LogP contribution < -0.4 is 15.2 Å². The number of ether oxygens (including phenoxy) is 2. The van der Waals surface area contributed by atoms with Crippen molar-refractivity contribution in [1.29, 1.82) is 0 Å². The Labute approximate surface area is 187 Å². The predicted octanol–water partition coefficient (Wildman–Crippen LogP) is 6.38. The van der Waals surface area contributed by atoms with Gasteiger partial charge in [-0.15, -0.1) is 0 Å². The number of halogens is 2. The Hall–Kier alpha value is -2.37. The third kappa shape index (κ3) is 4.94. The van der Waals surface area contributed by atoms with Crippen LogP contribution in [0.1, 0.15) is 51.0 Å². The molecule has 1 aliphatic rings. The first-order valence-corrected chi connectivity index (χ1v) is 11.3. The molecular weight excluding hydrogens is 415 g/mol. The molecule has 31 heavy (non-hydrogen) atoms. The van der Waals surface area contributed by atoms with E-state index in [0.717, 1.165) is 54.9 Å². The van der Waals surface area contributed by atoms with Gasteiger partial charge in [0.05, 0.1) is 17.7 Å². The first-order chi connectivity index (χ1) is 15.0. The maximum Gasteiger partial charge on any atom is 0.221 e. The average Bonchev–Trinajstić information content (AvgIpc) is 2.77. The first kappa shape index (κ1) is 21.8. The molecule has 1 fully saturated rings. The van der Waals surface area contributed by atoms with Crippen LogP contribution in [-0.4, -0.2) is 17.7 Å². The van der Waals surface area contributed by atoms with E-state index in [2.05, 4.69) is 11.9 Å². The monoisotopic (exact) mass is 442 g/mol. The zero-order valence-electron chi connectivity index (χ0n) is 17.7. The number of pyridine rings is 1. The summed E-state index contributed by atoms with van der Waals surface area (Å²) < 4.78 is 25.4. The molecule has 0 radical (unpaired) electrons. The second-order valence-electron chi connectivity index (χ2n) is 8.30. The van der Waals surface area contributed by atoms with E-state index in [4.69, 9.17) is 26.8 Å². The number of unbranched alkanes of at least 4 members (excludes halogenated alkanes) is 1. The maximum absolute atomic E-state index is 13.2. The fourth-order valence-corrected chi connectivity index (χ4v) is 4.35. The van der Waals surface area contributed by atoms with Crippen molar-refractivity contribution in [2.45, 2.75) is 57.1 Å². The van der Waals surface area contributed by atoms with E-state index in [1.807, 2.05) is 18.2 Å². The molecule has 0 spiro atoms. The minimum Gasteiger partial charge on any atom is -0.489 e. The molecular formula is C25H28ClFN2O2. The van der Waals surface area contributed by atoms with Gasteiger partial charge in [0.15, 0.2) is 0 Å². The van der Waals surface area contributed by atoms with Crippen molar-refractivity contribution in [2.24, 2.45) is 5.73 Å². The predicted molar refractivity (Wildman–Crippen MR) is 122 cm³/mol. The Bertz CT molecular complexity index is 1030. The van der Waals surface area contributed by atoms with Gasteiger partial charge in [-0.25, -0.2) is 9.37 Å². The standard InChI is InChI=1S/C25H28ClFN2O2/c1-2-3-14-30-24-21-16-22(26)23(15-17(21)10-13-29-24)31-20-8-11-25(28,12-9-20)18-4-6-19(27)7-5-18/h4-7,10,13,15-16,20H,2-3,8-9,11-12,14,28H2,1H3/t20-,25+. The zero-order chi connectivity index (χ0) is 21.8. The molecule has 4 nitrogen and oxygen atoms in total. The zero-order valence-corrected chi connectivity index (χ0v) is 18.5. The quantitative estimate of drug-likeness (QED) is 0.431. The van der Waals surface area contributed by atoms with Crippen molar-refractivity contribution in [1.82, 2.24) is 4.98 Å². The highest BCUT2D eigenvalue weighted by molar-refractivity contribution is 6.33. The lowest BCUT2D eigenvalue weighted by Gasteiger charge is -2.37. The number of nitrogens with zero attached hydrogens (tertiary/aromatic N) is 1. The van der Waals surface area contributed by atoms with Crippen LogP contribution in [0.15, 0.2) is 48.7 Å². The largest absolute Gasteiger partial charge is 0.489 e. The molecule has 1 aromatic heterocycles. The molecule has 2 N–H and O–H groups in total. The first-order valence-electron chi connectivity index (χ1n) is 10.9. The topological polar surface area (TPSA) is 57.4 Å². The van der Waals surface area contributed by atoms with Crippen LogP contribution in [0.4, 0.5) is 4.39 Å². The summed E-state index contributed by atoms with van der Waals surface area (Å²) in [4.78, 5) is 4.36. The molecule has 1 heterocycles. The Balaban J connectivity index is 1.45. The number of fused-ring (bicyclic) bond motifs is 1. The Morgan fingerprint density at radius 1 is 1.16 bits per heavy atom. The summed E-state index contributed by atoms with van der Waals surface area (Å²) in [6, 6.07) is 12.3. The molecule has 3 aromatic rings. The highest BCUT2D eigenvalue weighted by atomic mass is 35.5. The number of nitrogens with two attached hydrogens (primary N) is 1. The highest BCUT2D eigenvalue weighted by Gasteiger charge is 2.34. The summed E-state index contributed by atoms with van der Waals surface area (Å²) in [5.41, 5.74) is 7.16. The summed E-state index contributed by atoms with van der Waals surface area (Å²) in [5.74, 6) is 1.02. The summed E-state index contributed by atoms with van der Waals surface area (Å²) >= 11 is 6.55. The van der Waals surface area contributed by atoms with E-state index in [9.17, 15) is 4.39 Å². The molecule has 0 aliphatic heterocycles. The van der Waals surface area contributed by atoms with Crippen LogP contribution in [0, 0.1) is 5.82 Å². The normalized spacial score (nSPS) is 21.2. The van der Waals surface area contributed by atoms with Crippen LogP contribution in [0.3, 0.4) is 0 Å². The van der Waals surface area contributed by atoms with Gasteiger partial charge < -0.3 is 15.2 Å². The lowest BCUT2D eigenvalue weighted by molar-refractivity contribution is 0.118. The number of hydrogen-bond acceptors (Lipinski definition) is 4. The summed E-state index contributed by atoms with van der Waals surface area (Å²) in [6.07, 6.45) is 6.99. The fourth-order valence-electron chi connectivity index (χ4n) is 4.14. The van der Waals surface area contributed by atoms with Crippen LogP contribution >= 0.6 is 11.6 Å². The van der Waals surface area contributed by atoms with Crippen molar-refractivity contribution in [2.75, 3.05) is 6.61 Å². The highest BCUT2D eigenvalue weighted by Crippen LogP contribution is 2.39. The van der Waals surface area contributed by atoms with Crippen LogP contribution in [0.25, 0.3) is 10.8 Å². The van der Waals surface area contributed by atoms with Crippen molar-refractivity contribution in [3.05, 3.63) is 65.1 Å². The molecule has 1 aliphatic carbocycles. The molecule has 6 heteroatoms. The molecule has 4 rings (SSSR count). The second kappa shape index (κ2) is 9.41. The third-order valence-electron chi connectivity index (χ3n) is 6.05. The van der Waals surface area contributed by atoms with Gasteiger partial charge in [-0.3, -0.25) is 0 Å². The molecule has 0 bridgehead atoms. The Morgan fingerprint density at radius 3 is 2.61 bits per heavy atom. The fraction of sp³-hybridized carbons (Fsp3) is 0.400. The van der Waals surface area contributed by atoms with E-state index in [1.54, 1.807) is 18.3 Å². The third-order valence-corrected chi connectivity index (χ3v) is 6.35. The Morgan fingerprint density at radius 2 is 1.90 bits per heavy atom. The molecule has 1 saturated carbocycles. The number of aromatic nitrogens is 1. The van der Waals surface area contributed by atoms with Crippen molar-refractivity contribution in [3.8, 4) is 11.6 Å². The van der Waals surface area contributed by atoms with E-state index >= 15 is 0 Å². The SMILES string of the molecule is CCCCOc1nccc2cc(O[C@H]3CC[C@](N)(c4ccc(F)cc4)CC3)c(Cl)cc12. The molecule has 0 atom stereocenters. The van der Waals surface area contributed by atoms with Gasteiger partial charge in [0.1, 0.15) is 11.6 Å². The minimum absolute atomic E-state index is 0.0363. The smallest absolute Gasteiger partial charge is 0.221 e. The number of rotatable bonds is 7. The summed E-state index contributed by atoms with van der Waals surface area (Å²) in [6.45, 7) is 2.76. The summed E-state index contributed by atoms with van der Waals surface area (Å²) in [7, 11) is 0. The molecule has 0 saturated heterocycles. The van der Waals surface area contributed by atoms with Gasteiger partial charge in [0.25, 0.3) is 0 Å². The van der Waals surface area contributed by atoms with Crippen molar-refractivity contribution in [3.63, 3.8) is 0 Å². The maximum atomic E-state index is 13.2. The second-order valence-corrected chi connectivity index (χ2v) is 8.71. The van der Waals surface area contributed by atoms with Gasteiger partial charge in [0.2, 0.25) is 5.88 Å². The van der Waals surface area contributed by atoms with Gasteiger partial charge in [-0.1, -0.05) is 37.1 Å². The van der Waals surface area contributed by atoms with Crippen LogP contribution in [0.5, 0.6) is 11.6 Å². The van der Waals surface area contributed by atoms with Gasteiger partial charge in [-0.2, -0.15) is 0 Å². The van der Waals surface area contributed by atoms with E-state index in [0.29, 0.717) is 23.3 Å². The number of benzene rings is 2. The van der Waals surface area contributed by atoms with Crippen LogP contribution in [-0.2, 0) is 5.54 Å². The molecule has 164 valence electrons. The minimum atomic E-state index is -0.447. The van der Waals surface area contributed by atoms with Gasteiger partial charge >= 0.3 is 0 Å². The van der Waals surface area contributed by atoms with E-state index in [-0.39, 0.29) is 11.9 Å². The molecule has 2 aromatic carbocycles. The average molecular weight is 443 g/mol. The molecule has 0 unspecified atom stereocenters. The van der Waals surface area contributed by atoms with Gasteiger partial charge in [-0.05, 0) is 73.4 Å².